The van der Waals surface area contributed by atoms with Crippen LogP contribution in [-0.2, 0) is 9.59 Å². The lowest BCUT2D eigenvalue weighted by molar-refractivity contribution is -0.147. The van der Waals surface area contributed by atoms with E-state index in [-0.39, 0.29) is 12.8 Å². The lowest BCUT2D eigenvalue weighted by Crippen LogP contribution is -2.61. The summed E-state index contributed by atoms with van der Waals surface area (Å²) in [5.41, 5.74) is 3.53. The molecule has 0 radical (unpaired) electrons. The van der Waals surface area contributed by atoms with E-state index in [4.69, 9.17) is 10.8 Å². The van der Waals surface area contributed by atoms with Crippen LogP contribution in [0, 0.1) is 0 Å². The van der Waals surface area contributed by atoms with Crippen LogP contribution in [0.25, 0.3) is 0 Å². The maximum Gasteiger partial charge on any atom is 0.344 e. The number of rotatable bonds is 5. The van der Waals surface area contributed by atoms with Crippen LogP contribution in [-0.4, -0.2) is 29.3 Å². The van der Waals surface area contributed by atoms with Crippen LogP contribution in [0.4, 0.5) is 4.39 Å². The quantitative estimate of drug-likeness (QED) is 0.517. The first kappa shape index (κ1) is 11.8. The fourth-order valence-corrected chi connectivity index (χ4v) is 0.690. The van der Waals surface area contributed by atoms with Gasteiger partial charge in [0.05, 0.1) is 13.1 Å². The lowest BCUT2D eigenvalue weighted by atomic mass is 10.1. The highest BCUT2D eigenvalue weighted by Crippen LogP contribution is 2.02. The molecule has 1 unspecified atom stereocenters. The zero-order valence-corrected chi connectivity index (χ0v) is 7.34. The van der Waals surface area contributed by atoms with Crippen LogP contribution in [0.5, 0.6) is 0 Å². The summed E-state index contributed by atoms with van der Waals surface area (Å²) < 4.78 is 11.7. The van der Waals surface area contributed by atoms with Gasteiger partial charge in [-0.1, -0.05) is 6.92 Å². The predicted octanol–water partition coefficient (Wildman–Crippen LogP) is -0.388. The number of carbonyl (C=O) groups is 2. The lowest BCUT2D eigenvalue weighted by Gasteiger charge is -2.23. The predicted molar refractivity (Wildman–Crippen MR) is 43.6 cm³/mol. The molecule has 0 aliphatic heterocycles. The first-order chi connectivity index (χ1) is 5.96. The molecule has 0 rings (SSSR count). The number of amides is 1. The van der Waals surface area contributed by atoms with Crippen LogP contribution >= 0.6 is 0 Å². The van der Waals surface area contributed by atoms with E-state index < -0.39 is 24.2 Å². The summed E-state index contributed by atoms with van der Waals surface area (Å²) in [5, 5.41) is 10.7. The van der Waals surface area contributed by atoms with Crippen molar-refractivity contribution in [3.05, 3.63) is 0 Å². The third-order valence-corrected chi connectivity index (χ3v) is 1.62. The van der Waals surface area contributed by atoms with Crippen molar-refractivity contribution < 1.29 is 19.1 Å². The fourth-order valence-electron chi connectivity index (χ4n) is 0.690. The maximum atomic E-state index is 11.7. The molecule has 0 aromatic rings. The Kier molecular flexibility index (Phi) is 4.33. The third-order valence-electron chi connectivity index (χ3n) is 1.62. The van der Waals surface area contributed by atoms with E-state index >= 15 is 0 Å². The van der Waals surface area contributed by atoms with Gasteiger partial charge in [-0.25, -0.2) is 4.79 Å². The number of nitrogens with one attached hydrogen (secondary N) is 1. The Morgan fingerprint density at radius 2 is 2.15 bits per heavy atom. The molecule has 0 fully saturated rings. The molecule has 1 atom stereocenters. The average molecular weight is 192 g/mol. The van der Waals surface area contributed by atoms with Crippen LogP contribution in [0.2, 0.25) is 0 Å². The summed E-state index contributed by atoms with van der Waals surface area (Å²) in [4.78, 5) is 21.4. The van der Waals surface area contributed by atoms with E-state index in [9.17, 15) is 14.0 Å². The van der Waals surface area contributed by atoms with E-state index in [1.165, 1.54) is 6.92 Å². The van der Waals surface area contributed by atoms with Crippen molar-refractivity contribution >= 4 is 11.9 Å². The second-order valence-corrected chi connectivity index (χ2v) is 2.62. The van der Waals surface area contributed by atoms with Gasteiger partial charge in [0, 0.05) is 0 Å². The molecular weight excluding hydrogens is 179 g/mol. The number of carboxylic acid groups (broad SMARTS) is 1. The summed E-state index contributed by atoms with van der Waals surface area (Å²) in [7, 11) is 0. The minimum absolute atomic E-state index is 0.0420. The highest BCUT2D eigenvalue weighted by Gasteiger charge is 2.33. The van der Waals surface area contributed by atoms with Crippen molar-refractivity contribution in [1.82, 2.24) is 5.32 Å². The molecule has 0 aliphatic rings. The molecule has 1 amide bonds. The van der Waals surface area contributed by atoms with Gasteiger partial charge in [-0.3, -0.25) is 14.9 Å². The van der Waals surface area contributed by atoms with Crippen molar-refractivity contribution in [2.75, 3.05) is 6.67 Å². The van der Waals surface area contributed by atoms with Crippen LogP contribution in [0.1, 0.15) is 19.8 Å². The van der Waals surface area contributed by atoms with Crippen LogP contribution in [0.3, 0.4) is 0 Å². The molecular formula is C7H13FN2O3. The Bertz CT molecular complexity index is 210. The molecule has 0 aromatic carbocycles. The molecule has 0 spiro atoms. The minimum Gasteiger partial charge on any atom is -0.478 e. The van der Waals surface area contributed by atoms with Gasteiger partial charge >= 0.3 is 5.97 Å². The zero-order valence-electron chi connectivity index (χ0n) is 7.34. The van der Waals surface area contributed by atoms with Gasteiger partial charge in [-0.05, 0) is 6.42 Å². The third kappa shape index (κ3) is 3.37. The van der Waals surface area contributed by atoms with Crippen molar-refractivity contribution in [3.8, 4) is 0 Å². The first-order valence-electron chi connectivity index (χ1n) is 3.85. The number of hydrogen-bond donors (Lipinski definition) is 3. The summed E-state index contributed by atoms with van der Waals surface area (Å²) in [5.74, 6) is -2.03. The molecule has 0 heterocycles. The van der Waals surface area contributed by atoms with Gasteiger partial charge in [0.2, 0.25) is 5.91 Å². The number of halogens is 1. The van der Waals surface area contributed by atoms with E-state index in [1.54, 1.807) is 0 Å². The molecule has 6 heteroatoms. The smallest absolute Gasteiger partial charge is 0.344 e. The molecule has 0 saturated carbocycles. The summed E-state index contributed by atoms with van der Waals surface area (Å²) in [6, 6.07) is 0. The molecule has 0 aliphatic carbocycles. The topological polar surface area (TPSA) is 92.4 Å². The summed E-state index contributed by atoms with van der Waals surface area (Å²) >= 11 is 0. The van der Waals surface area contributed by atoms with E-state index in [1.807, 2.05) is 5.32 Å². The maximum absolute atomic E-state index is 11.7. The summed E-state index contributed by atoms with van der Waals surface area (Å²) in [6.07, 6.45) is -0.327. The van der Waals surface area contributed by atoms with Crippen molar-refractivity contribution in [3.63, 3.8) is 0 Å². The van der Waals surface area contributed by atoms with Crippen LogP contribution < -0.4 is 11.1 Å². The number of carboxylic acids is 1. The molecule has 76 valence electrons. The Labute approximate surface area is 75.1 Å². The highest BCUT2D eigenvalue weighted by atomic mass is 19.1. The standard InChI is InChI=1S/C7H13FN2O3/c1-2-7(9,6(12)13)10-5(11)3-4-8/h2-4,9H2,1H3,(H,10,11)(H,12,13). The van der Waals surface area contributed by atoms with Gasteiger partial charge in [0.1, 0.15) is 0 Å². The average Bonchev–Trinajstić information content (AvgIpc) is 2.04. The van der Waals surface area contributed by atoms with Gasteiger partial charge < -0.3 is 10.4 Å². The number of nitrogens with two attached hydrogens (primary N) is 1. The number of hydrogen-bond acceptors (Lipinski definition) is 3. The van der Waals surface area contributed by atoms with E-state index in [2.05, 4.69) is 0 Å². The second kappa shape index (κ2) is 4.76. The first-order valence-corrected chi connectivity index (χ1v) is 3.85. The van der Waals surface area contributed by atoms with Crippen molar-refractivity contribution in [1.29, 1.82) is 0 Å². The molecule has 0 aromatic heterocycles. The SMILES string of the molecule is CCC(N)(NC(=O)CCF)C(=O)O. The van der Waals surface area contributed by atoms with Crippen molar-refractivity contribution in [2.24, 2.45) is 5.73 Å². The number of alkyl halides is 1. The molecule has 5 nitrogen and oxygen atoms in total. The largest absolute Gasteiger partial charge is 0.478 e. The van der Waals surface area contributed by atoms with Gasteiger partial charge in [0.25, 0.3) is 0 Å². The zero-order chi connectivity index (χ0) is 10.5. The highest BCUT2D eigenvalue weighted by molar-refractivity contribution is 5.86. The van der Waals surface area contributed by atoms with Gasteiger partial charge in [0.15, 0.2) is 5.66 Å². The normalized spacial score (nSPS) is 14.7. The van der Waals surface area contributed by atoms with Crippen molar-refractivity contribution in [2.45, 2.75) is 25.4 Å². The second-order valence-electron chi connectivity index (χ2n) is 2.62. The monoisotopic (exact) mass is 192 g/mol. The Morgan fingerprint density at radius 3 is 2.46 bits per heavy atom. The van der Waals surface area contributed by atoms with E-state index in [0.717, 1.165) is 0 Å². The Balaban J connectivity index is 4.27. The molecule has 0 bridgehead atoms. The number of aliphatic carboxylic acids is 1. The molecule has 0 saturated heterocycles. The van der Waals surface area contributed by atoms with E-state index in [0.29, 0.717) is 0 Å². The van der Waals surface area contributed by atoms with Crippen LogP contribution in [0.15, 0.2) is 0 Å². The van der Waals surface area contributed by atoms with Gasteiger partial charge in [-0.2, -0.15) is 0 Å². The minimum atomic E-state index is -1.79. The molecule has 4 N–H and O–H groups in total. The molecule has 13 heavy (non-hydrogen) atoms. The summed E-state index contributed by atoms with van der Waals surface area (Å²) in [6.45, 7) is 0.690. The Morgan fingerprint density at radius 1 is 1.62 bits per heavy atom. The number of carbonyl (C=O) groups excluding carboxylic acids is 1. The fraction of sp³-hybridized carbons (Fsp3) is 0.714. The van der Waals surface area contributed by atoms with Gasteiger partial charge in [-0.15, -0.1) is 0 Å². The Hall–Kier alpha value is -1.17.